The molecule has 7 heteroatoms. The number of aromatic nitrogens is 2. The summed E-state index contributed by atoms with van der Waals surface area (Å²) in [6.45, 7) is 1.50. The molecule has 0 saturated carbocycles. The van der Waals surface area contributed by atoms with E-state index in [2.05, 4.69) is 9.97 Å². The molecular weight excluding hydrogens is 323 g/mol. The summed E-state index contributed by atoms with van der Waals surface area (Å²) in [6.07, 6.45) is 1.81. The molecule has 5 nitrogen and oxygen atoms in total. The van der Waals surface area contributed by atoms with Crippen LogP contribution in [-0.2, 0) is 0 Å². The SMILES string of the molecule is CN(C)C(=O)N1CCC(c2nc3cc(Cl)c(Cl)cc3[nH]2)CC1. The lowest BCUT2D eigenvalue weighted by molar-refractivity contribution is 0.155. The molecule has 2 amide bonds. The van der Waals surface area contributed by atoms with Crippen molar-refractivity contribution in [2.75, 3.05) is 27.2 Å². The van der Waals surface area contributed by atoms with Gasteiger partial charge in [0.15, 0.2) is 0 Å². The zero-order valence-corrected chi connectivity index (χ0v) is 14.1. The monoisotopic (exact) mass is 340 g/mol. The largest absolute Gasteiger partial charge is 0.342 e. The van der Waals surface area contributed by atoms with E-state index in [1.165, 1.54) is 0 Å². The van der Waals surface area contributed by atoms with Gasteiger partial charge >= 0.3 is 6.03 Å². The molecule has 1 aliphatic rings. The van der Waals surface area contributed by atoms with E-state index in [1.807, 2.05) is 4.90 Å². The van der Waals surface area contributed by atoms with Gasteiger partial charge in [0, 0.05) is 33.1 Å². The van der Waals surface area contributed by atoms with E-state index in [0.29, 0.717) is 16.0 Å². The van der Waals surface area contributed by atoms with Gasteiger partial charge in [-0.1, -0.05) is 23.2 Å². The van der Waals surface area contributed by atoms with E-state index in [1.54, 1.807) is 31.1 Å². The zero-order valence-electron chi connectivity index (χ0n) is 12.6. The lowest BCUT2D eigenvalue weighted by Gasteiger charge is -2.32. The fourth-order valence-electron chi connectivity index (χ4n) is 2.85. The molecule has 22 heavy (non-hydrogen) atoms. The number of hydrogen-bond acceptors (Lipinski definition) is 2. The molecule has 1 aliphatic heterocycles. The van der Waals surface area contributed by atoms with Crippen LogP contribution in [0.25, 0.3) is 11.0 Å². The first-order valence-electron chi connectivity index (χ1n) is 7.26. The molecule has 1 N–H and O–H groups in total. The number of rotatable bonds is 1. The number of piperidine rings is 1. The predicted molar refractivity (Wildman–Crippen MR) is 88.7 cm³/mol. The van der Waals surface area contributed by atoms with Crippen molar-refractivity contribution in [2.24, 2.45) is 0 Å². The van der Waals surface area contributed by atoms with Gasteiger partial charge in [0.25, 0.3) is 0 Å². The number of halogens is 2. The predicted octanol–water partition coefficient (Wildman–Crippen LogP) is 3.73. The summed E-state index contributed by atoms with van der Waals surface area (Å²) < 4.78 is 0. The highest BCUT2D eigenvalue weighted by Gasteiger charge is 2.26. The van der Waals surface area contributed by atoms with Gasteiger partial charge in [-0.2, -0.15) is 0 Å². The highest BCUT2D eigenvalue weighted by molar-refractivity contribution is 6.42. The molecule has 0 spiro atoms. The van der Waals surface area contributed by atoms with E-state index in [9.17, 15) is 4.79 Å². The van der Waals surface area contributed by atoms with E-state index < -0.39 is 0 Å². The molecule has 0 radical (unpaired) electrons. The quantitative estimate of drug-likeness (QED) is 0.859. The Labute approximate surface area is 139 Å². The van der Waals surface area contributed by atoms with Crippen molar-refractivity contribution in [1.82, 2.24) is 19.8 Å². The molecule has 2 aromatic rings. The number of nitrogens with one attached hydrogen (secondary N) is 1. The molecule has 2 heterocycles. The average Bonchev–Trinajstić information content (AvgIpc) is 2.90. The van der Waals surface area contributed by atoms with E-state index >= 15 is 0 Å². The number of hydrogen-bond donors (Lipinski definition) is 1. The zero-order chi connectivity index (χ0) is 15.9. The maximum atomic E-state index is 12.0. The lowest BCUT2D eigenvalue weighted by atomic mass is 9.96. The van der Waals surface area contributed by atoms with Crippen LogP contribution in [0.4, 0.5) is 4.79 Å². The number of carbonyl (C=O) groups excluding carboxylic acids is 1. The van der Waals surface area contributed by atoms with Gasteiger partial charge in [0.05, 0.1) is 21.1 Å². The third kappa shape index (κ3) is 2.88. The fraction of sp³-hybridized carbons (Fsp3) is 0.467. The number of nitrogens with zero attached hydrogens (tertiary/aromatic N) is 3. The molecule has 1 aromatic heterocycles. The molecule has 0 unspecified atom stereocenters. The molecule has 118 valence electrons. The van der Waals surface area contributed by atoms with Gasteiger partial charge in [-0.3, -0.25) is 0 Å². The Balaban J connectivity index is 1.75. The first-order chi connectivity index (χ1) is 10.5. The van der Waals surface area contributed by atoms with E-state index in [4.69, 9.17) is 23.2 Å². The van der Waals surface area contributed by atoms with Crippen molar-refractivity contribution < 1.29 is 4.79 Å². The van der Waals surface area contributed by atoms with E-state index in [0.717, 1.165) is 42.8 Å². The topological polar surface area (TPSA) is 52.2 Å². The van der Waals surface area contributed by atoms with Crippen LogP contribution in [0.3, 0.4) is 0 Å². The molecular formula is C15H18Cl2N4O. The Morgan fingerprint density at radius 2 is 1.91 bits per heavy atom. The first-order valence-corrected chi connectivity index (χ1v) is 8.02. The smallest absolute Gasteiger partial charge is 0.319 e. The third-order valence-corrected chi connectivity index (χ3v) is 4.80. The van der Waals surface area contributed by atoms with Gasteiger partial charge in [-0.25, -0.2) is 9.78 Å². The van der Waals surface area contributed by atoms with Crippen molar-refractivity contribution in [1.29, 1.82) is 0 Å². The second-order valence-corrected chi connectivity index (χ2v) is 6.66. The number of aromatic amines is 1. The van der Waals surface area contributed by atoms with Crippen LogP contribution < -0.4 is 0 Å². The van der Waals surface area contributed by atoms with Crippen LogP contribution in [0.5, 0.6) is 0 Å². The molecule has 0 atom stereocenters. The number of urea groups is 1. The number of H-pyrrole nitrogens is 1. The Hall–Kier alpha value is -1.46. The van der Waals surface area contributed by atoms with Crippen molar-refractivity contribution in [3.8, 4) is 0 Å². The average molecular weight is 341 g/mol. The number of carbonyl (C=O) groups is 1. The molecule has 0 aliphatic carbocycles. The van der Waals surface area contributed by atoms with Crippen molar-refractivity contribution in [3.05, 3.63) is 28.0 Å². The van der Waals surface area contributed by atoms with Crippen molar-refractivity contribution in [3.63, 3.8) is 0 Å². The van der Waals surface area contributed by atoms with Gasteiger partial charge in [-0.05, 0) is 25.0 Å². The molecule has 3 rings (SSSR count). The molecule has 1 saturated heterocycles. The molecule has 1 fully saturated rings. The summed E-state index contributed by atoms with van der Waals surface area (Å²) in [7, 11) is 3.56. The minimum atomic E-state index is 0.0709. The Bertz CT molecular complexity index is 666. The minimum Gasteiger partial charge on any atom is -0.342 e. The van der Waals surface area contributed by atoms with Gasteiger partial charge in [0.1, 0.15) is 5.82 Å². The standard InChI is InChI=1S/C15H18Cl2N4O/c1-20(2)15(22)21-5-3-9(4-6-21)14-18-12-7-10(16)11(17)8-13(12)19-14/h7-9H,3-6H2,1-2H3,(H,18,19). The molecule has 0 bridgehead atoms. The Kier molecular flexibility index (Phi) is 4.19. The summed E-state index contributed by atoms with van der Waals surface area (Å²) in [4.78, 5) is 23.4. The number of fused-ring (bicyclic) bond motifs is 1. The van der Waals surface area contributed by atoms with Crippen LogP contribution in [0.2, 0.25) is 10.0 Å². The van der Waals surface area contributed by atoms with Gasteiger partial charge < -0.3 is 14.8 Å². The second-order valence-electron chi connectivity index (χ2n) is 5.84. The number of amides is 2. The highest BCUT2D eigenvalue weighted by Crippen LogP contribution is 2.31. The van der Waals surface area contributed by atoms with Crippen LogP contribution >= 0.6 is 23.2 Å². The van der Waals surface area contributed by atoms with Gasteiger partial charge in [-0.15, -0.1) is 0 Å². The van der Waals surface area contributed by atoms with Crippen LogP contribution in [-0.4, -0.2) is 53.0 Å². The van der Waals surface area contributed by atoms with Gasteiger partial charge in [0.2, 0.25) is 0 Å². The molecule has 1 aromatic carbocycles. The summed E-state index contributed by atoms with van der Waals surface area (Å²) >= 11 is 12.1. The number of benzene rings is 1. The second kappa shape index (κ2) is 5.97. The summed E-state index contributed by atoms with van der Waals surface area (Å²) in [5.41, 5.74) is 1.73. The lowest BCUT2D eigenvalue weighted by Crippen LogP contribution is -2.43. The van der Waals surface area contributed by atoms with Crippen LogP contribution in [0, 0.1) is 0 Å². The maximum Gasteiger partial charge on any atom is 0.319 e. The van der Waals surface area contributed by atoms with Crippen molar-refractivity contribution in [2.45, 2.75) is 18.8 Å². The highest BCUT2D eigenvalue weighted by atomic mass is 35.5. The number of imidazole rings is 1. The summed E-state index contributed by atoms with van der Waals surface area (Å²) in [6, 6.07) is 3.66. The minimum absolute atomic E-state index is 0.0709. The summed E-state index contributed by atoms with van der Waals surface area (Å²) in [5, 5.41) is 1.04. The van der Waals surface area contributed by atoms with Crippen LogP contribution in [0.15, 0.2) is 12.1 Å². The third-order valence-electron chi connectivity index (χ3n) is 4.08. The first kappa shape index (κ1) is 15.4. The van der Waals surface area contributed by atoms with E-state index in [-0.39, 0.29) is 6.03 Å². The normalized spacial score (nSPS) is 16.3. The summed E-state index contributed by atoms with van der Waals surface area (Å²) in [5.74, 6) is 1.28. The van der Waals surface area contributed by atoms with Crippen LogP contribution in [0.1, 0.15) is 24.6 Å². The van der Waals surface area contributed by atoms with Crippen molar-refractivity contribution >= 4 is 40.3 Å². The number of likely N-dealkylation sites (tertiary alicyclic amines) is 1. The Morgan fingerprint density at radius 1 is 1.27 bits per heavy atom. The fourth-order valence-corrected chi connectivity index (χ4v) is 3.17. The Morgan fingerprint density at radius 3 is 2.55 bits per heavy atom. The maximum absolute atomic E-state index is 12.0.